The Morgan fingerprint density at radius 1 is 1.29 bits per heavy atom. The second kappa shape index (κ2) is 8.48. The number of alkyl halides is 3. The molecule has 0 bridgehead atoms. The van der Waals surface area contributed by atoms with Gasteiger partial charge in [0.1, 0.15) is 5.75 Å². The smallest absolute Gasteiger partial charge is 0.406 e. The van der Waals surface area contributed by atoms with Gasteiger partial charge in [-0.3, -0.25) is 4.79 Å². The van der Waals surface area contributed by atoms with Crippen LogP contribution in [0.3, 0.4) is 0 Å². The third kappa shape index (κ3) is 8.16. The van der Waals surface area contributed by atoms with Crippen LogP contribution >= 0.6 is 0 Å². The number of anilines is 1. The molecule has 0 radical (unpaired) electrons. The first kappa shape index (κ1) is 17.3. The van der Waals surface area contributed by atoms with Gasteiger partial charge in [-0.15, -0.1) is 13.2 Å². The van der Waals surface area contributed by atoms with Crippen molar-refractivity contribution in [3.63, 3.8) is 0 Å². The van der Waals surface area contributed by atoms with Crippen LogP contribution in [0.25, 0.3) is 0 Å². The third-order valence-electron chi connectivity index (χ3n) is 2.46. The Labute approximate surface area is 120 Å². The van der Waals surface area contributed by atoms with E-state index in [4.69, 9.17) is 4.74 Å². The highest BCUT2D eigenvalue weighted by Gasteiger charge is 2.30. The SMILES string of the molecule is COCCC[NH2+]CC(=O)Nc1ccc(OC(F)(F)F)cc1. The normalized spacial score (nSPS) is 11.2. The van der Waals surface area contributed by atoms with Crippen LogP contribution in [0, 0.1) is 0 Å². The van der Waals surface area contributed by atoms with Crippen LogP contribution in [0.5, 0.6) is 5.75 Å². The van der Waals surface area contributed by atoms with Gasteiger partial charge in [0.2, 0.25) is 0 Å². The molecule has 0 aliphatic rings. The number of hydrogen-bond donors (Lipinski definition) is 2. The van der Waals surface area contributed by atoms with Crippen LogP contribution in [0.4, 0.5) is 18.9 Å². The standard InChI is InChI=1S/C13H17F3N2O3/c1-20-8-2-7-17-9-12(19)18-10-3-5-11(6-4-10)21-13(14,15)16/h3-6,17H,2,7-9H2,1H3,(H,18,19)/p+1. The Bertz CT molecular complexity index is 435. The highest BCUT2D eigenvalue weighted by molar-refractivity contribution is 5.91. The topological polar surface area (TPSA) is 64.2 Å². The number of carbonyl (C=O) groups is 1. The van der Waals surface area contributed by atoms with E-state index in [0.717, 1.165) is 25.1 Å². The Morgan fingerprint density at radius 2 is 1.95 bits per heavy atom. The van der Waals surface area contributed by atoms with Crippen molar-refractivity contribution >= 4 is 11.6 Å². The van der Waals surface area contributed by atoms with Gasteiger partial charge in [-0.25, -0.2) is 0 Å². The molecule has 1 aromatic rings. The highest BCUT2D eigenvalue weighted by Crippen LogP contribution is 2.23. The molecule has 0 saturated carbocycles. The van der Waals surface area contributed by atoms with E-state index in [2.05, 4.69) is 10.1 Å². The Balaban J connectivity index is 2.33. The van der Waals surface area contributed by atoms with Gasteiger partial charge >= 0.3 is 6.36 Å². The zero-order valence-corrected chi connectivity index (χ0v) is 11.6. The van der Waals surface area contributed by atoms with E-state index in [1.54, 1.807) is 7.11 Å². The fourth-order valence-corrected chi connectivity index (χ4v) is 1.56. The lowest BCUT2D eigenvalue weighted by Crippen LogP contribution is -2.86. The minimum Gasteiger partial charge on any atom is -0.406 e. The summed E-state index contributed by atoms with van der Waals surface area (Å²) in [6.45, 7) is 1.64. The molecule has 1 rings (SSSR count). The minimum absolute atomic E-state index is 0.225. The number of nitrogens with one attached hydrogen (secondary N) is 1. The molecule has 21 heavy (non-hydrogen) atoms. The lowest BCUT2D eigenvalue weighted by molar-refractivity contribution is -0.644. The Morgan fingerprint density at radius 3 is 2.52 bits per heavy atom. The molecule has 0 heterocycles. The molecule has 1 amide bonds. The summed E-state index contributed by atoms with van der Waals surface area (Å²) in [5.74, 6) is -0.552. The fourth-order valence-electron chi connectivity index (χ4n) is 1.56. The Hall–Kier alpha value is -1.80. The van der Waals surface area contributed by atoms with Gasteiger partial charge in [-0.2, -0.15) is 0 Å². The largest absolute Gasteiger partial charge is 0.573 e. The first-order valence-corrected chi connectivity index (χ1v) is 6.37. The molecule has 0 atom stereocenters. The number of quaternary nitrogens is 1. The average Bonchev–Trinajstić information content (AvgIpc) is 2.39. The molecule has 118 valence electrons. The molecule has 0 saturated heterocycles. The van der Waals surface area contributed by atoms with Crippen molar-refractivity contribution in [1.82, 2.24) is 0 Å². The van der Waals surface area contributed by atoms with Crippen molar-refractivity contribution in [3.8, 4) is 5.75 Å². The molecule has 0 spiro atoms. The molecule has 8 heteroatoms. The summed E-state index contributed by atoms with van der Waals surface area (Å²) in [6, 6.07) is 4.99. The molecule has 0 aromatic heterocycles. The van der Waals surface area contributed by atoms with Crippen LogP contribution in [-0.4, -0.2) is 39.1 Å². The lowest BCUT2D eigenvalue weighted by atomic mass is 10.3. The van der Waals surface area contributed by atoms with E-state index in [0.29, 0.717) is 12.3 Å². The van der Waals surface area contributed by atoms with E-state index in [9.17, 15) is 18.0 Å². The number of carbonyl (C=O) groups excluding carboxylic acids is 1. The molecule has 1 aromatic carbocycles. The number of benzene rings is 1. The maximum absolute atomic E-state index is 12.0. The van der Waals surface area contributed by atoms with E-state index in [1.807, 2.05) is 5.32 Å². The van der Waals surface area contributed by atoms with E-state index < -0.39 is 6.36 Å². The van der Waals surface area contributed by atoms with E-state index in [-0.39, 0.29) is 18.2 Å². The molecule has 0 aliphatic heterocycles. The summed E-state index contributed by atoms with van der Waals surface area (Å²) in [5, 5.41) is 4.41. The highest BCUT2D eigenvalue weighted by atomic mass is 19.4. The monoisotopic (exact) mass is 307 g/mol. The number of amides is 1. The number of ether oxygens (including phenoxy) is 2. The summed E-state index contributed by atoms with van der Waals surface area (Å²) < 4.78 is 44.5. The van der Waals surface area contributed by atoms with Crippen LogP contribution in [0.2, 0.25) is 0 Å². The van der Waals surface area contributed by atoms with Gasteiger partial charge in [0.15, 0.2) is 6.54 Å². The van der Waals surface area contributed by atoms with Crippen LogP contribution in [0.15, 0.2) is 24.3 Å². The van der Waals surface area contributed by atoms with Crippen LogP contribution < -0.4 is 15.4 Å². The van der Waals surface area contributed by atoms with E-state index >= 15 is 0 Å². The molecular weight excluding hydrogens is 289 g/mol. The van der Waals surface area contributed by atoms with Crippen molar-refractivity contribution < 1.29 is 32.8 Å². The predicted octanol–water partition coefficient (Wildman–Crippen LogP) is 1.12. The zero-order valence-electron chi connectivity index (χ0n) is 11.6. The number of nitrogens with two attached hydrogens (primary N) is 1. The average molecular weight is 307 g/mol. The number of hydrogen-bond acceptors (Lipinski definition) is 3. The third-order valence-corrected chi connectivity index (χ3v) is 2.46. The van der Waals surface area contributed by atoms with Gasteiger partial charge in [0, 0.05) is 19.2 Å². The molecule has 3 N–H and O–H groups in total. The fraction of sp³-hybridized carbons (Fsp3) is 0.462. The number of halogens is 3. The van der Waals surface area contributed by atoms with Gasteiger partial charge in [0.25, 0.3) is 5.91 Å². The van der Waals surface area contributed by atoms with Gasteiger partial charge in [-0.05, 0) is 24.3 Å². The second-order valence-corrected chi connectivity index (χ2v) is 4.25. The van der Waals surface area contributed by atoms with Crippen molar-refractivity contribution in [1.29, 1.82) is 0 Å². The number of methoxy groups -OCH3 is 1. The van der Waals surface area contributed by atoms with E-state index in [1.165, 1.54) is 12.1 Å². The summed E-state index contributed by atoms with van der Waals surface area (Å²) in [5.41, 5.74) is 0.416. The molecule has 5 nitrogen and oxygen atoms in total. The summed E-state index contributed by atoms with van der Waals surface area (Å²) >= 11 is 0. The molecular formula is C13H18F3N2O3+. The first-order valence-electron chi connectivity index (χ1n) is 6.37. The summed E-state index contributed by atoms with van der Waals surface area (Å²) in [6.07, 6.45) is -3.88. The molecule has 0 fully saturated rings. The van der Waals surface area contributed by atoms with Crippen LogP contribution in [0.1, 0.15) is 6.42 Å². The summed E-state index contributed by atoms with van der Waals surface area (Å²) in [7, 11) is 1.61. The molecule has 0 unspecified atom stereocenters. The number of rotatable bonds is 8. The van der Waals surface area contributed by atoms with Crippen LogP contribution in [-0.2, 0) is 9.53 Å². The summed E-state index contributed by atoms with van der Waals surface area (Å²) in [4.78, 5) is 11.6. The Kier molecular flexibility index (Phi) is 6.97. The van der Waals surface area contributed by atoms with Gasteiger partial charge in [0.05, 0.1) is 13.2 Å². The van der Waals surface area contributed by atoms with Gasteiger partial charge in [-0.1, -0.05) is 0 Å². The maximum Gasteiger partial charge on any atom is 0.573 e. The van der Waals surface area contributed by atoms with Crippen molar-refractivity contribution in [3.05, 3.63) is 24.3 Å². The second-order valence-electron chi connectivity index (χ2n) is 4.25. The van der Waals surface area contributed by atoms with Crippen molar-refractivity contribution in [2.45, 2.75) is 12.8 Å². The first-order chi connectivity index (χ1) is 9.90. The van der Waals surface area contributed by atoms with Gasteiger partial charge < -0.3 is 20.1 Å². The lowest BCUT2D eigenvalue weighted by Gasteiger charge is -2.09. The quantitative estimate of drug-likeness (QED) is 0.708. The maximum atomic E-state index is 12.0. The predicted molar refractivity (Wildman–Crippen MR) is 69.9 cm³/mol. The molecule has 0 aliphatic carbocycles. The zero-order chi connectivity index (χ0) is 15.7. The van der Waals surface area contributed by atoms with Crippen molar-refractivity contribution in [2.75, 3.05) is 32.1 Å². The minimum atomic E-state index is -4.72. The van der Waals surface area contributed by atoms with Crippen molar-refractivity contribution in [2.24, 2.45) is 0 Å².